The molecule has 0 saturated carbocycles. The summed E-state index contributed by atoms with van der Waals surface area (Å²) in [6, 6.07) is 0. The average Bonchev–Trinajstić information content (AvgIpc) is 2.63. The Bertz CT molecular complexity index is 250. The standard InChI is InChI=1S/C23H44Br2/c24-22-20-18-16-14-12-10-8-6-4-2-1-3-5-7-9-11-13-15-17-19-21-23-25/h1-2H,3-23H2. The topological polar surface area (TPSA) is 0 Å². The third-order valence-corrected chi connectivity index (χ3v) is 6.05. The van der Waals surface area contributed by atoms with E-state index in [4.69, 9.17) is 0 Å². The Morgan fingerprint density at radius 3 is 0.840 bits per heavy atom. The fourth-order valence-electron chi connectivity index (χ4n) is 3.25. The first-order valence-electron chi connectivity index (χ1n) is 11.2. The van der Waals surface area contributed by atoms with Gasteiger partial charge in [-0.25, -0.2) is 0 Å². The maximum atomic E-state index is 3.50. The van der Waals surface area contributed by atoms with Gasteiger partial charge in [-0.05, 0) is 38.5 Å². The van der Waals surface area contributed by atoms with Gasteiger partial charge in [0.1, 0.15) is 0 Å². The summed E-state index contributed by atoms with van der Waals surface area (Å²) in [7, 11) is 0. The van der Waals surface area contributed by atoms with Crippen LogP contribution >= 0.6 is 31.9 Å². The first-order chi connectivity index (χ1) is 12.4. The molecule has 0 aromatic heterocycles. The molecule has 0 heterocycles. The van der Waals surface area contributed by atoms with Crippen LogP contribution in [0.15, 0.2) is 12.2 Å². The molecule has 0 aromatic rings. The fourth-order valence-corrected chi connectivity index (χ4v) is 4.04. The highest BCUT2D eigenvalue weighted by Crippen LogP contribution is 2.12. The molecule has 0 rings (SSSR count). The van der Waals surface area contributed by atoms with Crippen molar-refractivity contribution >= 4 is 31.9 Å². The molecule has 0 amide bonds. The molecular formula is C23H44Br2. The van der Waals surface area contributed by atoms with Gasteiger partial charge in [0.2, 0.25) is 0 Å². The Balaban J connectivity index is 3.04. The lowest BCUT2D eigenvalue weighted by molar-refractivity contribution is 0.567. The molecule has 0 aliphatic carbocycles. The van der Waals surface area contributed by atoms with Crippen LogP contribution in [0.1, 0.15) is 122 Å². The quantitative estimate of drug-likeness (QED) is 0.0871. The molecule has 150 valence electrons. The summed E-state index contributed by atoms with van der Waals surface area (Å²) in [5.74, 6) is 0. The van der Waals surface area contributed by atoms with Crippen LogP contribution in [0.5, 0.6) is 0 Å². The lowest BCUT2D eigenvalue weighted by Crippen LogP contribution is -1.82. The van der Waals surface area contributed by atoms with Crippen LogP contribution < -0.4 is 0 Å². The monoisotopic (exact) mass is 478 g/mol. The largest absolute Gasteiger partial charge is 0.0928 e. The molecule has 0 fully saturated rings. The van der Waals surface area contributed by atoms with Crippen LogP contribution in [-0.2, 0) is 0 Å². The van der Waals surface area contributed by atoms with Crippen molar-refractivity contribution < 1.29 is 0 Å². The molecule has 2 heteroatoms. The van der Waals surface area contributed by atoms with Gasteiger partial charge in [-0.15, -0.1) is 0 Å². The van der Waals surface area contributed by atoms with E-state index in [0.29, 0.717) is 0 Å². The van der Waals surface area contributed by atoms with Crippen molar-refractivity contribution in [3.63, 3.8) is 0 Å². The predicted octanol–water partition coefficient (Wildman–Crippen LogP) is 9.74. The zero-order valence-corrected chi connectivity index (χ0v) is 19.9. The normalized spacial score (nSPS) is 11.6. The van der Waals surface area contributed by atoms with E-state index in [1.807, 2.05) is 0 Å². The zero-order chi connectivity index (χ0) is 18.3. The highest BCUT2D eigenvalue weighted by molar-refractivity contribution is 9.09. The lowest BCUT2D eigenvalue weighted by atomic mass is 10.1. The number of halogens is 2. The van der Waals surface area contributed by atoms with Crippen LogP contribution in [0.4, 0.5) is 0 Å². The van der Waals surface area contributed by atoms with Crippen molar-refractivity contribution in [1.29, 1.82) is 0 Å². The van der Waals surface area contributed by atoms with E-state index in [1.165, 1.54) is 133 Å². The molecule has 0 aromatic carbocycles. The van der Waals surface area contributed by atoms with Gasteiger partial charge in [0, 0.05) is 10.7 Å². The Kier molecular flexibility index (Phi) is 25.4. The van der Waals surface area contributed by atoms with Gasteiger partial charge in [0.25, 0.3) is 0 Å². The maximum absolute atomic E-state index is 3.50. The van der Waals surface area contributed by atoms with E-state index in [2.05, 4.69) is 44.0 Å². The van der Waals surface area contributed by atoms with E-state index in [9.17, 15) is 0 Å². The van der Waals surface area contributed by atoms with E-state index in [1.54, 1.807) is 0 Å². The van der Waals surface area contributed by atoms with Crippen LogP contribution in [0.2, 0.25) is 0 Å². The highest BCUT2D eigenvalue weighted by atomic mass is 79.9. The summed E-state index contributed by atoms with van der Waals surface area (Å²) in [5, 5.41) is 2.36. The molecule has 0 atom stereocenters. The van der Waals surface area contributed by atoms with E-state index >= 15 is 0 Å². The number of alkyl halides is 2. The van der Waals surface area contributed by atoms with E-state index in [0.717, 1.165) is 0 Å². The SMILES string of the molecule is BrCCCCCCCCCCC=CCCCCCCCCCCCBr. The molecule has 0 radical (unpaired) electrons. The smallest absolute Gasteiger partial charge is 0.00313 e. The van der Waals surface area contributed by atoms with Gasteiger partial charge < -0.3 is 0 Å². The second-order valence-electron chi connectivity index (χ2n) is 7.44. The summed E-state index contributed by atoms with van der Waals surface area (Å²) < 4.78 is 0. The Hall–Kier alpha value is 0.700. The fraction of sp³-hybridized carbons (Fsp3) is 0.913. The molecule has 0 bridgehead atoms. The minimum absolute atomic E-state index is 1.18. The van der Waals surface area contributed by atoms with Gasteiger partial charge >= 0.3 is 0 Å². The van der Waals surface area contributed by atoms with Gasteiger partial charge in [0.15, 0.2) is 0 Å². The summed E-state index contributed by atoms with van der Waals surface area (Å²) in [6.45, 7) is 0. The number of hydrogen-bond donors (Lipinski definition) is 0. The molecule has 0 N–H and O–H groups in total. The van der Waals surface area contributed by atoms with Crippen molar-refractivity contribution in [1.82, 2.24) is 0 Å². The van der Waals surface area contributed by atoms with Gasteiger partial charge in [-0.2, -0.15) is 0 Å². The average molecular weight is 480 g/mol. The summed E-state index contributed by atoms with van der Waals surface area (Å²) in [6.07, 6.45) is 31.6. The number of hydrogen-bond acceptors (Lipinski definition) is 0. The molecule has 0 spiro atoms. The Morgan fingerprint density at radius 1 is 0.320 bits per heavy atom. The lowest BCUT2D eigenvalue weighted by Gasteiger charge is -2.01. The van der Waals surface area contributed by atoms with Gasteiger partial charge in [0.05, 0.1) is 0 Å². The Morgan fingerprint density at radius 2 is 0.560 bits per heavy atom. The number of unbranched alkanes of at least 4 members (excludes halogenated alkanes) is 17. The Labute approximate surface area is 176 Å². The number of rotatable bonds is 21. The molecular weight excluding hydrogens is 436 g/mol. The van der Waals surface area contributed by atoms with Crippen LogP contribution in [0.3, 0.4) is 0 Å². The molecule has 0 aliphatic heterocycles. The van der Waals surface area contributed by atoms with Crippen molar-refractivity contribution in [2.75, 3.05) is 10.7 Å². The highest BCUT2D eigenvalue weighted by Gasteiger charge is 1.93. The summed E-state index contributed by atoms with van der Waals surface area (Å²) >= 11 is 7.00. The molecule has 0 aliphatic rings. The molecule has 0 saturated heterocycles. The molecule has 0 unspecified atom stereocenters. The minimum atomic E-state index is 1.18. The minimum Gasteiger partial charge on any atom is -0.0928 e. The first kappa shape index (κ1) is 25.7. The van der Waals surface area contributed by atoms with Crippen LogP contribution in [0.25, 0.3) is 0 Å². The molecule has 0 nitrogen and oxygen atoms in total. The summed E-state index contributed by atoms with van der Waals surface area (Å²) in [4.78, 5) is 0. The third kappa shape index (κ3) is 24.7. The van der Waals surface area contributed by atoms with Gasteiger partial charge in [-0.1, -0.05) is 127 Å². The van der Waals surface area contributed by atoms with Crippen molar-refractivity contribution in [2.45, 2.75) is 122 Å². The van der Waals surface area contributed by atoms with Crippen LogP contribution in [-0.4, -0.2) is 10.7 Å². The maximum Gasteiger partial charge on any atom is 0.00313 e. The third-order valence-electron chi connectivity index (χ3n) is 4.93. The van der Waals surface area contributed by atoms with Crippen LogP contribution in [0, 0.1) is 0 Å². The van der Waals surface area contributed by atoms with Crippen molar-refractivity contribution in [3.8, 4) is 0 Å². The summed E-state index contributed by atoms with van der Waals surface area (Å²) in [5.41, 5.74) is 0. The van der Waals surface area contributed by atoms with E-state index < -0.39 is 0 Å². The van der Waals surface area contributed by atoms with Crippen molar-refractivity contribution in [3.05, 3.63) is 12.2 Å². The molecule has 25 heavy (non-hydrogen) atoms. The second-order valence-corrected chi connectivity index (χ2v) is 9.02. The van der Waals surface area contributed by atoms with Gasteiger partial charge in [-0.3, -0.25) is 0 Å². The first-order valence-corrected chi connectivity index (χ1v) is 13.4. The zero-order valence-electron chi connectivity index (χ0n) is 16.8. The predicted molar refractivity (Wildman–Crippen MR) is 124 cm³/mol. The number of allylic oxidation sites excluding steroid dienone is 2. The second kappa shape index (κ2) is 24.7. The van der Waals surface area contributed by atoms with Crippen molar-refractivity contribution in [2.24, 2.45) is 0 Å². The van der Waals surface area contributed by atoms with E-state index in [-0.39, 0.29) is 0 Å².